The van der Waals surface area contributed by atoms with Crippen molar-refractivity contribution in [2.75, 3.05) is 0 Å². The summed E-state index contributed by atoms with van der Waals surface area (Å²) in [4.78, 5) is 11.5. The number of hydrogen-bond donors (Lipinski definition) is 1. The van der Waals surface area contributed by atoms with Gasteiger partial charge in [0.05, 0.1) is 4.90 Å². The third kappa shape index (κ3) is 1.70. The number of sulfone groups is 1. The van der Waals surface area contributed by atoms with Crippen molar-refractivity contribution in [2.24, 2.45) is 5.92 Å². The Hall–Kier alpha value is -0.880. The Morgan fingerprint density at radius 3 is 2.28 bits per heavy atom. The van der Waals surface area contributed by atoms with E-state index in [0.29, 0.717) is 6.42 Å². The van der Waals surface area contributed by atoms with E-state index in [9.17, 15) is 18.3 Å². The molecule has 1 fully saturated rings. The molecule has 1 aromatic rings. The lowest BCUT2D eigenvalue weighted by Gasteiger charge is -2.43. The fourth-order valence-corrected chi connectivity index (χ4v) is 4.79. The second-order valence-corrected chi connectivity index (χ2v) is 7.71. The Labute approximate surface area is 114 Å². The number of carbonyl (C=O) groups is 1. The Morgan fingerprint density at radius 1 is 1.39 bits per heavy atom. The number of rotatable bonds is 3. The molecule has 98 valence electrons. The van der Waals surface area contributed by atoms with Crippen LogP contribution < -0.4 is 0 Å². The molecule has 0 heterocycles. The zero-order valence-electron chi connectivity index (χ0n) is 9.76. The molecule has 0 aliphatic heterocycles. The molecule has 0 aromatic heterocycles. The molecule has 1 aliphatic carbocycles. The van der Waals surface area contributed by atoms with Crippen molar-refractivity contribution >= 4 is 31.7 Å². The van der Waals surface area contributed by atoms with Crippen molar-refractivity contribution in [1.82, 2.24) is 0 Å². The molecule has 6 heteroatoms. The van der Waals surface area contributed by atoms with Crippen molar-refractivity contribution in [3.8, 4) is 0 Å². The SMILES string of the molecule is CC1CCC1(C(=O)O)S(=O)(=O)c1ccc(Br)cc1. The van der Waals surface area contributed by atoms with Gasteiger partial charge in [0.1, 0.15) is 0 Å². The summed E-state index contributed by atoms with van der Waals surface area (Å²) in [5, 5.41) is 9.32. The van der Waals surface area contributed by atoms with Gasteiger partial charge in [-0.3, -0.25) is 4.79 Å². The lowest BCUT2D eigenvalue weighted by Crippen LogP contribution is -2.58. The fraction of sp³-hybridized carbons (Fsp3) is 0.417. The van der Waals surface area contributed by atoms with Gasteiger partial charge in [-0.2, -0.15) is 0 Å². The molecule has 0 spiro atoms. The third-order valence-corrected chi connectivity index (χ3v) is 6.87. The van der Waals surface area contributed by atoms with Gasteiger partial charge in [-0.15, -0.1) is 0 Å². The minimum absolute atomic E-state index is 0.0691. The van der Waals surface area contributed by atoms with Crippen LogP contribution in [0.5, 0.6) is 0 Å². The van der Waals surface area contributed by atoms with Crippen LogP contribution in [-0.4, -0.2) is 24.2 Å². The monoisotopic (exact) mass is 332 g/mol. The molecule has 4 nitrogen and oxygen atoms in total. The van der Waals surface area contributed by atoms with E-state index in [4.69, 9.17) is 0 Å². The van der Waals surface area contributed by atoms with E-state index < -0.39 is 20.6 Å². The first-order valence-corrected chi connectivity index (χ1v) is 7.83. The zero-order chi connectivity index (χ0) is 13.6. The molecular weight excluding hydrogens is 320 g/mol. The van der Waals surface area contributed by atoms with Crippen LogP contribution in [0.1, 0.15) is 19.8 Å². The standard InChI is InChI=1S/C12H13BrO4S/c1-8-6-7-12(8,11(14)15)18(16,17)10-4-2-9(13)3-5-10/h2-5,8H,6-7H2,1H3,(H,14,15). The topological polar surface area (TPSA) is 71.4 Å². The Balaban J connectivity index is 2.54. The van der Waals surface area contributed by atoms with E-state index in [-0.39, 0.29) is 17.2 Å². The summed E-state index contributed by atoms with van der Waals surface area (Å²) in [7, 11) is -3.85. The normalized spacial score (nSPS) is 27.6. The summed E-state index contributed by atoms with van der Waals surface area (Å²) in [6.45, 7) is 1.67. The highest BCUT2D eigenvalue weighted by Gasteiger charge is 2.60. The molecule has 0 saturated heterocycles. The van der Waals surface area contributed by atoms with Crippen LogP contribution >= 0.6 is 15.9 Å². The summed E-state index contributed by atoms with van der Waals surface area (Å²) in [6, 6.07) is 6.09. The maximum absolute atomic E-state index is 12.5. The summed E-state index contributed by atoms with van der Waals surface area (Å²) < 4.78 is 24.1. The summed E-state index contributed by atoms with van der Waals surface area (Å²) in [5.74, 6) is -1.60. The minimum Gasteiger partial charge on any atom is -0.480 e. The maximum Gasteiger partial charge on any atom is 0.325 e. The molecule has 2 unspecified atom stereocenters. The van der Waals surface area contributed by atoms with Crippen molar-refractivity contribution < 1.29 is 18.3 Å². The smallest absolute Gasteiger partial charge is 0.325 e. The second kappa shape index (κ2) is 4.35. The van der Waals surface area contributed by atoms with Crippen LogP contribution in [0.25, 0.3) is 0 Å². The molecule has 18 heavy (non-hydrogen) atoms. The van der Waals surface area contributed by atoms with E-state index >= 15 is 0 Å². The Bertz CT molecular complexity index is 579. The van der Waals surface area contributed by atoms with Gasteiger partial charge < -0.3 is 5.11 Å². The molecule has 1 N–H and O–H groups in total. The van der Waals surface area contributed by atoms with Gasteiger partial charge in [0.25, 0.3) is 0 Å². The second-order valence-electron chi connectivity index (χ2n) is 4.59. The molecule has 1 aromatic carbocycles. The van der Waals surface area contributed by atoms with Gasteiger partial charge >= 0.3 is 5.97 Å². The molecule has 1 saturated carbocycles. The Kier molecular flexibility index (Phi) is 3.27. The number of benzene rings is 1. The molecule has 0 radical (unpaired) electrons. The van der Waals surface area contributed by atoms with Crippen LogP contribution in [0, 0.1) is 5.92 Å². The van der Waals surface area contributed by atoms with Gasteiger partial charge in [0, 0.05) is 4.47 Å². The van der Waals surface area contributed by atoms with Crippen LogP contribution in [-0.2, 0) is 14.6 Å². The fourth-order valence-electron chi connectivity index (χ4n) is 2.35. The maximum atomic E-state index is 12.5. The Morgan fingerprint density at radius 2 is 1.94 bits per heavy atom. The first kappa shape index (κ1) is 13.5. The van der Waals surface area contributed by atoms with Gasteiger partial charge in [-0.25, -0.2) is 8.42 Å². The average molecular weight is 333 g/mol. The third-order valence-electron chi connectivity index (χ3n) is 3.71. The van der Waals surface area contributed by atoms with E-state index in [1.807, 2.05) is 0 Å². The van der Waals surface area contributed by atoms with Crippen molar-refractivity contribution in [1.29, 1.82) is 0 Å². The van der Waals surface area contributed by atoms with Crippen molar-refractivity contribution in [3.05, 3.63) is 28.7 Å². The molecule has 2 rings (SSSR count). The number of aliphatic carboxylic acids is 1. The van der Waals surface area contributed by atoms with Crippen LogP contribution in [0.3, 0.4) is 0 Å². The van der Waals surface area contributed by atoms with Gasteiger partial charge in [-0.05, 0) is 43.0 Å². The number of carboxylic acids is 1. The van der Waals surface area contributed by atoms with Crippen molar-refractivity contribution in [2.45, 2.75) is 29.4 Å². The van der Waals surface area contributed by atoms with Crippen LogP contribution in [0.2, 0.25) is 0 Å². The number of hydrogen-bond acceptors (Lipinski definition) is 3. The summed E-state index contributed by atoms with van der Waals surface area (Å²) in [6.07, 6.45) is 0.809. The number of halogens is 1. The van der Waals surface area contributed by atoms with E-state index in [2.05, 4.69) is 15.9 Å². The molecular formula is C12H13BrO4S. The highest BCUT2D eigenvalue weighted by atomic mass is 79.9. The quantitative estimate of drug-likeness (QED) is 0.922. The summed E-state index contributed by atoms with van der Waals surface area (Å²) >= 11 is 3.22. The first-order valence-electron chi connectivity index (χ1n) is 5.56. The zero-order valence-corrected chi connectivity index (χ0v) is 12.2. The first-order chi connectivity index (χ1) is 8.32. The highest BCUT2D eigenvalue weighted by Crippen LogP contribution is 2.47. The molecule has 2 atom stereocenters. The minimum atomic E-state index is -3.85. The molecule has 1 aliphatic rings. The van der Waals surface area contributed by atoms with E-state index in [1.54, 1.807) is 19.1 Å². The molecule has 0 bridgehead atoms. The van der Waals surface area contributed by atoms with Gasteiger partial charge in [0.2, 0.25) is 0 Å². The lowest BCUT2D eigenvalue weighted by molar-refractivity contribution is -0.144. The van der Waals surface area contributed by atoms with Crippen molar-refractivity contribution in [3.63, 3.8) is 0 Å². The lowest BCUT2D eigenvalue weighted by atomic mass is 9.74. The van der Waals surface area contributed by atoms with Crippen LogP contribution in [0.4, 0.5) is 0 Å². The van der Waals surface area contributed by atoms with Gasteiger partial charge in [0.15, 0.2) is 14.6 Å². The van der Waals surface area contributed by atoms with E-state index in [1.165, 1.54) is 12.1 Å². The van der Waals surface area contributed by atoms with E-state index in [0.717, 1.165) is 4.47 Å². The predicted molar refractivity (Wildman–Crippen MR) is 70.1 cm³/mol. The summed E-state index contributed by atoms with van der Waals surface area (Å²) in [5.41, 5.74) is 0. The highest BCUT2D eigenvalue weighted by molar-refractivity contribution is 9.10. The average Bonchev–Trinajstić information content (AvgIpc) is 2.27. The molecule has 0 amide bonds. The number of carboxylic acid groups (broad SMARTS) is 1. The largest absolute Gasteiger partial charge is 0.480 e. The van der Waals surface area contributed by atoms with Gasteiger partial charge in [-0.1, -0.05) is 22.9 Å². The predicted octanol–water partition coefficient (Wildman–Crippen LogP) is 2.48. The van der Waals surface area contributed by atoms with Crippen LogP contribution in [0.15, 0.2) is 33.6 Å².